The summed E-state index contributed by atoms with van der Waals surface area (Å²) in [4.78, 5) is 4.44. The van der Waals surface area contributed by atoms with Crippen LogP contribution < -0.4 is 5.73 Å². The maximum absolute atomic E-state index is 7.71. The van der Waals surface area contributed by atoms with E-state index in [-0.39, 0.29) is 5.84 Å². The van der Waals surface area contributed by atoms with Crippen molar-refractivity contribution in [3.05, 3.63) is 75.5 Å². The lowest BCUT2D eigenvalue weighted by atomic mass is 10.1. The van der Waals surface area contributed by atoms with Gasteiger partial charge in [-0.05, 0) is 23.8 Å². The van der Waals surface area contributed by atoms with Crippen LogP contribution >= 0.6 is 27.5 Å². The molecule has 6 heteroatoms. The number of amidine groups is 1. The van der Waals surface area contributed by atoms with Gasteiger partial charge in [-0.2, -0.15) is 0 Å². The Labute approximate surface area is 147 Å². The number of hydrogen-bond acceptors (Lipinski definition) is 2. The fourth-order valence-electron chi connectivity index (χ4n) is 2.48. The highest BCUT2D eigenvalue weighted by atomic mass is 79.9. The van der Waals surface area contributed by atoms with Crippen LogP contribution in [-0.4, -0.2) is 15.4 Å². The maximum atomic E-state index is 7.71. The van der Waals surface area contributed by atoms with E-state index < -0.39 is 0 Å². The van der Waals surface area contributed by atoms with Gasteiger partial charge in [-0.15, -0.1) is 0 Å². The third kappa shape index (κ3) is 3.46. The number of nitrogens with two attached hydrogens (primary N) is 1. The summed E-state index contributed by atoms with van der Waals surface area (Å²) in [5, 5.41) is 8.35. The second-order valence-electron chi connectivity index (χ2n) is 5.11. The van der Waals surface area contributed by atoms with Crippen molar-refractivity contribution in [2.24, 2.45) is 5.73 Å². The molecule has 0 bridgehead atoms. The normalized spacial score (nSPS) is 10.7. The first kappa shape index (κ1) is 15.8. The zero-order valence-corrected chi connectivity index (χ0v) is 14.5. The number of imidazole rings is 1. The van der Waals surface area contributed by atoms with Crippen LogP contribution in [0, 0.1) is 5.41 Å². The molecule has 0 amide bonds. The van der Waals surface area contributed by atoms with Crippen molar-refractivity contribution in [3.8, 4) is 11.4 Å². The minimum Gasteiger partial charge on any atom is -0.384 e. The van der Waals surface area contributed by atoms with Crippen LogP contribution in [0.2, 0.25) is 5.02 Å². The number of aromatic nitrogens is 2. The van der Waals surface area contributed by atoms with Gasteiger partial charge in [0.15, 0.2) is 0 Å². The lowest BCUT2D eigenvalue weighted by Gasteiger charge is -2.12. The molecule has 0 saturated carbocycles. The molecule has 0 aliphatic heterocycles. The van der Waals surface area contributed by atoms with Gasteiger partial charge < -0.3 is 10.3 Å². The minimum atomic E-state index is 0.0627. The first-order valence-electron chi connectivity index (χ1n) is 6.94. The molecule has 2 aromatic carbocycles. The Morgan fingerprint density at radius 2 is 2.04 bits per heavy atom. The molecule has 0 saturated heterocycles. The molecular weight excluding hydrogens is 376 g/mol. The number of halogens is 2. The number of benzene rings is 2. The van der Waals surface area contributed by atoms with E-state index in [0.717, 1.165) is 27.0 Å². The number of rotatable bonds is 4. The van der Waals surface area contributed by atoms with Crippen LogP contribution in [0.25, 0.3) is 11.4 Å². The SMILES string of the molecule is N=C(N)c1ccccc1Cn1ccnc1-c1cc(Cl)cc(Br)c1. The largest absolute Gasteiger partial charge is 0.384 e. The molecular formula is C17H14BrClN4. The van der Waals surface area contributed by atoms with E-state index in [9.17, 15) is 0 Å². The Morgan fingerprint density at radius 1 is 1.26 bits per heavy atom. The summed E-state index contributed by atoms with van der Waals surface area (Å²) in [5.41, 5.74) is 8.30. The van der Waals surface area contributed by atoms with E-state index in [1.54, 1.807) is 6.20 Å². The van der Waals surface area contributed by atoms with E-state index in [0.29, 0.717) is 11.6 Å². The van der Waals surface area contributed by atoms with Crippen molar-refractivity contribution < 1.29 is 0 Å². The molecule has 0 unspecified atom stereocenters. The van der Waals surface area contributed by atoms with Crippen molar-refractivity contribution in [1.82, 2.24) is 9.55 Å². The number of nitrogens with zero attached hydrogens (tertiary/aromatic N) is 2. The molecule has 0 fully saturated rings. The molecule has 3 aromatic rings. The Hall–Kier alpha value is -2.11. The van der Waals surface area contributed by atoms with Gasteiger partial charge in [0.2, 0.25) is 0 Å². The van der Waals surface area contributed by atoms with Crippen molar-refractivity contribution in [3.63, 3.8) is 0 Å². The zero-order chi connectivity index (χ0) is 16.4. The van der Waals surface area contributed by atoms with Gasteiger partial charge in [0.25, 0.3) is 0 Å². The summed E-state index contributed by atoms with van der Waals surface area (Å²) >= 11 is 9.59. The monoisotopic (exact) mass is 388 g/mol. The number of nitrogen functional groups attached to an aromatic ring is 1. The van der Waals surface area contributed by atoms with Crippen LogP contribution in [0.1, 0.15) is 11.1 Å². The summed E-state index contributed by atoms with van der Waals surface area (Å²) in [6.07, 6.45) is 3.65. The van der Waals surface area contributed by atoms with Gasteiger partial charge in [-0.25, -0.2) is 4.98 Å². The average Bonchev–Trinajstić information content (AvgIpc) is 2.95. The summed E-state index contributed by atoms with van der Waals surface area (Å²) < 4.78 is 2.92. The summed E-state index contributed by atoms with van der Waals surface area (Å²) in [6, 6.07) is 13.3. The molecule has 116 valence electrons. The lowest BCUT2D eigenvalue weighted by molar-refractivity contribution is 0.805. The first-order chi connectivity index (χ1) is 11.0. The van der Waals surface area contributed by atoms with Crippen molar-refractivity contribution in [1.29, 1.82) is 5.41 Å². The summed E-state index contributed by atoms with van der Waals surface area (Å²) in [7, 11) is 0. The highest BCUT2D eigenvalue weighted by Crippen LogP contribution is 2.27. The quantitative estimate of drug-likeness (QED) is 0.516. The molecule has 0 aliphatic rings. The Bertz CT molecular complexity index is 852. The van der Waals surface area contributed by atoms with Crippen LogP contribution in [0.5, 0.6) is 0 Å². The summed E-state index contributed by atoms with van der Waals surface area (Å²) in [6.45, 7) is 0.579. The van der Waals surface area contributed by atoms with Gasteiger partial charge in [-0.3, -0.25) is 5.41 Å². The Morgan fingerprint density at radius 3 is 2.78 bits per heavy atom. The lowest BCUT2D eigenvalue weighted by Crippen LogP contribution is -2.15. The first-order valence-corrected chi connectivity index (χ1v) is 8.11. The van der Waals surface area contributed by atoms with Gasteiger partial charge in [0.1, 0.15) is 11.7 Å². The third-order valence-corrected chi connectivity index (χ3v) is 4.16. The summed E-state index contributed by atoms with van der Waals surface area (Å²) in [5.74, 6) is 0.874. The van der Waals surface area contributed by atoms with E-state index >= 15 is 0 Å². The topological polar surface area (TPSA) is 67.7 Å². The van der Waals surface area contributed by atoms with Crippen LogP contribution in [-0.2, 0) is 6.54 Å². The van der Waals surface area contributed by atoms with E-state index in [4.69, 9.17) is 22.7 Å². The van der Waals surface area contributed by atoms with E-state index in [1.807, 2.05) is 53.2 Å². The zero-order valence-electron chi connectivity index (χ0n) is 12.1. The number of hydrogen-bond donors (Lipinski definition) is 2. The highest BCUT2D eigenvalue weighted by molar-refractivity contribution is 9.10. The van der Waals surface area contributed by atoms with Crippen molar-refractivity contribution in [2.45, 2.75) is 6.54 Å². The Kier molecular flexibility index (Phi) is 4.50. The molecule has 23 heavy (non-hydrogen) atoms. The predicted molar refractivity (Wildman–Crippen MR) is 96.9 cm³/mol. The molecule has 0 radical (unpaired) electrons. The fraction of sp³-hybridized carbons (Fsp3) is 0.0588. The number of nitrogens with one attached hydrogen (secondary N) is 1. The molecule has 3 rings (SSSR count). The maximum Gasteiger partial charge on any atom is 0.140 e. The molecule has 1 aromatic heterocycles. The average molecular weight is 390 g/mol. The van der Waals surface area contributed by atoms with Gasteiger partial charge >= 0.3 is 0 Å². The van der Waals surface area contributed by atoms with Gasteiger partial charge in [-0.1, -0.05) is 51.8 Å². The van der Waals surface area contributed by atoms with Crippen LogP contribution in [0.3, 0.4) is 0 Å². The molecule has 0 spiro atoms. The van der Waals surface area contributed by atoms with Crippen molar-refractivity contribution >= 4 is 33.4 Å². The van der Waals surface area contributed by atoms with Gasteiger partial charge in [0, 0.05) is 39.6 Å². The third-order valence-electron chi connectivity index (χ3n) is 3.48. The molecule has 1 heterocycles. The second kappa shape index (κ2) is 6.56. The van der Waals surface area contributed by atoms with Crippen LogP contribution in [0.15, 0.2) is 59.3 Å². The van der Waals surface area contributed by atoms with Gasteiger partial charge in [0.05, 0.1) is 0 Å². The molecule has 0 atom stereocenters. The van der Waals surface area contributed by atoms with Crippen molar-refractivity contribution in [2.75, 3.05) is 0 Å². The smallest absolute Gasteiger partial charge is 0.140 e. The second-order valence-corrected chi connectivity index (χ2v) is 6.46. The van der Waals surface area contributed by atoms with E-state index in [2.05, 4.69) is 20.9 Å². The highest BCUT2D eigenvalue weighted by Gasteiger charge is 2.11. The predicted octanol–water partition coefficient (Wildman–Crippen LogP) is 4.30. The minimum absolute atomic E-state index is 0.0627. The molecule has 3 N–H and O–H groups in total. The van der Waals surface area contributed by atoms with E-state index in [1.165, 1.54) is 0 Å². The standard InChI is InChI=1S/C17H14BrClN4/c18-13-7-12(8-14(19)9-13)17-22-5-6-23(17)10-11-3-1-2-4-15(11)16(20)21/h1-9H,10H2,(H3,20,21). The fourth-order valence-corrected chi connectivity index (χ4v) is 3.34. The van der Waals surface area contributed by atoms with Crippen LogP contribution in [0.4, 0.5) is 0 Å². The molecule has 0 aliphatic carbocycles. The Balaban J connectivity index is 2.01. The molecule has 4 nitrogen and oxygen atoms in total.